The minimum Gasteiger partial charge on any atom is -0.451 e. The molecule has 0 bridgehead atoms. The molecule has 0 unspecified atom stereocenters. The number of fused-ring (bicyclic) bond motifs is 1. The zero-order valence-electron chi connectivity index (χ0n) is 14.1. The summed E-state index contributed by atoms with van der Waals surface area (Å²) in [4.78, 5) is 19.3. The van der Waals surface area contributed by atoms with Crippen LogP contribution in [0.5, 0.6) is 0 Å². The number of nitrogens with zero attached hydrogens (tertiary/aromatic N) is 3. The van der Waals surface area contributed by atoms with E-state index in [0.29, 0.717) is 29.9 Å². The van der Waals surface area contributed by atoms with Crippen molar-refractivity contribution in [2.75, 3.05) is 6.54 Å². The van der Waals surface area contributed by atoms with Gasteiger partial charge >= 0.3 is 0 Å². The van der Waals surface area contributed by atoms with Gasteiger partial charge in [-0.05, 0) is 50.8 Å². The van der Waals surface area contributed by atoms with Crippen LogP contribution in [0.2, 0.25) is 0 Å². The lowest BCUT2D eigenvalue weighted by molar-refractivity contribution is 0.0698. The van der Waals surface area contributed by atoms with E-state index in [4.69, 9.17) is 8.94 Å². The Morgan fingerprint density at radius 1 is 1.24 bits per heavy atom. The zero-order chi connectivity index (χ0) is 17.0. The summed E-state index contributed by atoms with van der Waals surface area (Å²) >= 11 is 0. The van der Waals surface area contributed by atoms with Gasteiger partial charge in [0, 0.05) is 17.8 Å². The van der Waals surface area contributed by atoms with Crippen LogP contribution in [0.3, 0.4) is 0 Å². The number of carbonyl (C=O) groups is 1. The van der Waals surface area contributed by atoms with Crippen molar-refractivity contribution in [2.24, 2.45) is 0 Å². The predicted molar refractivity (Wildman–Crippen MR) is 90.2 cm³/mol. The number of hydrogen-bond donors (Lipinski definition) is 0. The fraction of sp³-hybridized carbons (Fsp3) is 0.421. The van der Waals surface area contributed by atoms with E-state index in [1.807, 2.05) is 36.1 Å². The van der Waals surface area contributed by atoms with Gasteiger partial charge in [-0.3, -0.25) is 4.79 Å². The third-order valence-corrected chi connectivity index (χ3v) is 5.08. The lowest BCUT2D eigenvalue weighted by Crippen LogP contribution is -2.30. The number of furan rings is 1. The highest BCUT2D eigenvalue weighted by Gasteiger charge is 2.37. The van der Waals surface area contributed by atoms with Crippen LogP contribution in [0.15, 0.2) is 33.2 Å². The van der Waals surface area contributed by atoms with Gasteiger partial charge in [0.1, 0.15) is 5.58 Å². The van der Waals surface area contributed by atoms with Crippen molar-refractivity contribution in [3.63, 3.8) is 0 Å². The number of rotatable bonds is 3. The van der Waals surface area contributed by atoms with E-state index in [9.17, 15) is 4.79 Å². The SMILES string of the molecule is Cc1ccc2oc(C(=O)N3CCC[C@@H]3c3noc(C4CC4)n3)cc2c1. The molecule has 3 aromatic rings. The fourth-order valence-corrected chi connectivity index (χ4v) is 3.57. The molecule has 1 saturated heterocycles. The molecule has 2 aromatic heterocycles. The molecule has 6 heteroatoms. The van der Waals surface area contributed by atoms with E-state index >= 15 is 0 Å². The Morgan fingerprint density at radius 2 is 2.12 bits per heavy atom. The summed E-state index contributed by atoms with van der Waals surface area (Å²) in [5.41, 5.74) is 1.88. The molecule has 1 amide bonds. The largest absolute Gasteiger partial charge is 0.451 e. The molecule has 128 valence electrons. The quantitative estimate of drug-likeness (QED) is 0.723. The number of amides is 1. The highest BCUT2D eigenvalue weighted by molar-refractivity contribution is 5.96. The van der Waals surface area contributed by atoms with E-state index < -0.39 is 0 Å². The second-order valence-corrected chi connectivity index (χ2v) is 7.07. The Kier molecular flexibility index (Phi) is 3.20. The summed E-state index contributed by atoms with van der Waals surface area (Å²) in [5, 5.41) is 5.08. The van der Waals surface area contributed by atoms with Crippen LogP contribution in [0.1, 0.15) is 65.5 Å². The number of aryl methyl sites for hydroxylation is 1. The first-order valence-electron chi connectivity index (χ1n) is 8.84. The second kappa shape index (κ2) is 5.44. The number of hydrogen-bond acceptors (Lipinski definition) is 5. The standard InChI is InChI=1S/C19H19N3O3/c1-11-4-7-15-13(9-11)10-16(24-15)19(23)22-8-2-3-14(22)17-20-18(25-21-17)12-5-6-12/h4,7,9-10,12,14H,2-3,5-6,8H2,1H3/t14-/m1/s1. The van der Waals surface area contributed by atoms with Gasteiger partial charge in [-0.25, -0.2) is 0 Å². The summed E-state index contributed by atoms with van der Waals surface area (Å²) in [6.45, 7) is 2.71. The Morgan fingerprint density at radius 3 is 2.96 bits per heavy atom. The molecule has 5 rings (SSSR count). The lowest BCUT2D eigenvalue weighted by atomic mass is 10.2. The summed E-state index contributed by atoms with van der Waals surface area (Å²) in [6.07, 6.45) is 4.03. The molecule has 2 fully saturated rings. The molecule has 0 radical (unpaired) electrons. The molecule has 0 N–H and O–H groups in total. The van der Waals surface area contributed by atoms with Crippen LogP contribution in [0, 0.1) is 6.92 Å². The fourth-order valence-electron chi connectivity index (χ4n) is 3.57. The van der Waals surface area contributed by atoms with Crippen LogP contribution in [0.25, 0.3) is 11.0 Å². The van der Waals surface area contributed by atoms with Gasteiger partial charge in [0.15, 0.2) is 11.6 Å². The van der Waals surface area contributed by atoms with E-state index in [1.54, 1.807) is 0 Å². The first kappa shape index (κ1) is 14.7. The van der Waals surface area contributed by atoms with Gasteiger partial charge < -0.3 is 13.8 Å². The average Bonchev–Trinajstić information content (AvgIpc) is 3.04. The molecule has 25 heavy (non-hydrogen) atoms. The highest BCUT2D eigenvalue weighted by Crippen LogP contribution is 2.40. The topological polar surface area (TPSA) is 72.4 Å². The summed E-state index contributed by atoms with van der Waals surface area (Å²) in [7, 11) is 0. The molecule has 1 aliphatic carbocycles. The molecular formula is C19H19N3O3. The van der Waals surface area contributed by atoms with Crippen molar-refractivity contribution in [1.29, 1.82) is 0 Å². The van der Waals surface area contributed by atoms with E-state index in [2.05, 4.69) is 10.1 Å². The maximum absolute atomic E-state index is 13.0. The molecule has 1 atom stereocenters. The molecular weight excluding hydrogens is 318 g/mol. The number of benzene rings is 1. The van der Waals surface area contributed by atoms with Gasteiger partial charge in [-0.2, -0.15) is 4.98 Å². The van der Waals surface area contributed by atoms with Crippen molar-refractivity contribution in [1.82, 2.24) is 15.0 Å². The summed E-state index contributed by atoms with van der Waals surface area (Å²) in [6, 6.07) is 7.62. The molecule has 1 aliphatic heterocycles. The molecule has 1 aromatic carbocycles. The van der Waals surface area contributed by atoms with Gasteiger partial charge in [0.25, 0.3) is 5.91 Å². The van der Waals surface area contributed by atoms with Crippen molar-refractivity contribution in [3.05, 3.63) is 47.3 Å². The van der Waals surface area contributed by atoms with E-state index in [0.717, 1.165) is 42.2 Å². The minimum absolute atomic E-state index is 0.103. The molecule has 6 nitrogen and oxygen atoms in total. The number of likely N-dealkylation sites (tertiary alicyclic amines) is 1. The van der Waals surface area contributed by atoms with E-state index in [-0.39, 0.29) is 11.9 Å². The molecule has 2 aliphatic rings. The van der Waals surface area contributed by atoms with E-state index in [1.165, 1.54) is 0 Å². The van der Waals surface area contributed by atoms with Crippen LogP contribution >= 0.6 is 0 Å². The molecule has 3 heterocycles. The van der Waals surface area contributed by atoms with Gasteiger partial charge in [-0.15, -0.1) is 0 Å². The Labute approximate surface area is 144 Å². The Bertz CT molecular complexity index is 954. The Balaban J connectivity index is 1.44. The minimum atomic E-state index is -0.126. The number of aromatic nitrogens is 2. The first-order valence-corrected chi connectivity index (χ1v) is 8.84. The van der Waals surface area contributed by atoms with Gasteiger partial charge in [-0.1, -0.05) is 16.8 Å². The Hall–Kier alpha value is -2.63. The first-order chi connectivity index (χ1) is 12.2. The predicted octanol–water partition coefficient (Wildman–Crippen LogP) is 3.98. The maximum Gasteiger partial charge on any atom is 0.290 e. The summed E-state index contributed by atoms with van der Waals surface area (Å²) in [5.74, 6) is 2.03. The highest BCUT2D eigenvalue weighted by atomic mass is 16.5. The molecule has 0 spiro atoms. The maximum atomic E-state index is 13.0. The van der Waals surface area contributed by atoms with Crippen LogP contribution in [0.4, 0.5) is 0 Å². The van der Waals surface area contributed by atoms with Crippen LogP contribution in [-0.4, -0.2) is 27.5 Å². The smallest absolute Gasteiger partial charge is 0.290 e. The van der Waals surface area contributed by atoms with Gasteiger partial charge in [0.2, 0.25) is 5.89 Å². The summed E-state index contributed by atoms with van der Waals surface area (Å²) < 4.78 is 11.2. The number of carbonyl (C=O) groups excluding carboxylic acids is 1. The van der Waals surface area contributed by atoms with Crippen molar-refractivity contribution in [2.45, 2.75) is 44.6 Å². The lowest BCUT2D eigenvalue weighted by Gasteiger charge is -2.20. The normalized spacial score (nSPS) is 20.5. The van der Waals surface area contributed by atoms with Crippen molar-refractivity contribution in [3.8, 4) is 0 Å². The monoisotopic (exact) mass is 337 g/mol. The van der Waals surface area contributed by atoms with Gasteiger partial charge in [0.05, 0.1) is 6.04 Å². The third-order valence-electron chi connectivity index (χ3n) is 5.08. The second-order valence-electron chi connectivity index (χ2n) is 7.07. The van der Waals surface area contributed by atoms with Crippen molar-refractivity contribution < 1.29 is 13.7 Å². The van der Waals surface area contributed by atoms with Crippen LogP contribution in [-0.2, 0) is 0 Å². The average molecular weight is 337 g/mol. The zero-order valence-corrected chi connectivity index (χ0v) is 14.1. The molecule has 1 saturated carbocycles. The van der Waals surface area contributed by atoms with Crippen LogP contribution < -0.4 is 0 Å². The third kappa shape index (κ3) is 2.52. The van der Waals surface area contributed by atoms with Crippen molar-refractivity contribution >= 4 is 16.9 Å².